The standard InChI is InChI=1S/C12H17NO2/c1-8(2)10-6-13-7-11(12(10)14-3)15-9-4-5-9/h6-9H,4-5H2,1-3H3. The predicted molar refractivity (Wildman–Crippen MR) is 58.5 cm³/mol. The fraction of sp³-hybridized carbons (Fsp3) is 0.583. The highest BCUT2D eigenvalue weighted by atomic mass is 16.5. The first-order valence-corrected chi connectivity index (χ1v) is 5.41. The average molecular weight is 207 g/mol. The zero-order valence-electron chi connectivity index (χ0n) is 9.49. The van der Waals surface area contributed by atoms with Gasteiger partial charge in [-0.15, -0.1) is 0 Å². The van der Waals surface area contributed by atoms with Crippen LogP contribution in [0.4, 0.5) is 0 Å². The molecule has 0 atom stereocenters. The number of nitrogens with zero attached hydrogens (tertiary/aromatic N) is 1. The van der Waals surface area contributed by atoms with Gasteiger partial charge in [-0.2, -0.15) is 0 Å². The first kappa shape index (κ1) is 10.3. The lowest BCUT2D eigenvalue weighted by molar-refractivity contribution is 0.279. The molecule has 1 aliphatic carbocycles. The molecule has 1 saturated carbocycles. The molecular weight excluding hydrogens is 190 g/mol. The van der Waals surface area contributed by atoms with Crippen molar-refractivity contribution in [2.24, 2.45) is 0 Å². The lowest BCUT2D eigenvalue weighted by atomic mass is 10.0. The molecule has 1 heterocycles. The van der Waals surface area contributed by atoms with Crippen LogP contribution in [0, 0.1) is 0 Å². The number of hydrogen-bond donors (Lipinski definition) is 0. The smallest absolute Gasteiger partial charge is 0.180 e. The largest absolute Gasteiger partial charge is 0.492 e. The summed E-state index contributed by atoms with van der Waals surface area (Å²) in [4.78, 5) is 4.19. The molecule has 2 rings (SSSR count). The van der Waals surface area contributed by atoms with Crippen molar-refractivity contribution in [3.05, 3.63) is 18.0 Å². The van der Waals surface area contributed by atoms with E-state index in [1.54, 1.807) is 13.3 Å². The molecule has 0 bridgehead atoms. The first-order valence-electron chi connectivity index (χ1n) is 5.41. The fourth-order valence-corrected chi connectivity index (χ4v) is 1.52. The summed E-state index contributed by atoms with van der Waals surface area (Å²) in [6, 6.07) is 0. The third kappa shape index (κ3) is 2.22. The van der Waals surface area contributed by atoms with Crippen molar-refractivity contribution in [3.63, 3.8) is 0 Å². The Kier molecular flexibility index (Phi) is 2.80. The van der Waals surface area contributed by atoms with Gasteiger partial charge in [0.05, 0.1) is 19.4 Å². The Hall–Kier alpha value is -1.25. The number of pyridine rings is 1. The summed E-state index contributed by atoms with van der Waals surface area (Å²) < 4.78 is 11.2. The highest BCUT2D eigenvalue weighted by Crippen LogP contribution is 2.37. The van der Waals surface area contributed by atoms with Crippen molar-refractivity contribution in [2.45, 2.75) is 38.7 Å². The van der Waals surface area contributed by atoms with Crippen LogP contribution >= 0.6 is 0 Å². The Balaban J connectivity index is 2.30. The van der Waals surface area contributed by atoms with E-state index >= 15 is 0 Å². The minimum absolute atomic E-state index is 0.378. The second-order valence-corrected chi connectivity index (χ2v) is 4.23. The predicted octanol–water partition coefficient (Wildman–Crippen LogP) is 2.75. The van der Waals surface area contributed by atoms with Gasteiger partial charge >= 0.3 is 0 Å². The molecule has 0 amide bonds. The number of rotatable bonds is 4. The minimum atomic E-state index is 0.378. The third-order valence-corrected chi connectivity index (χ3v) is 2.54. The van der Waals surface area contributed by atoms with Crippen molar-refractivity contribution in [2.75, 3.05) is 7.11 Å². The molecule has 0 saturated heterocycles. The average Bonchev–Trinajstić information content (AvgIpc) is 3.01. The fourth-order valence-electron chi connectivity index (χ4n) is 1.52. The van der Waals surface area contributed by atoms with Gasteiger partial charge < -0.3 is 9.47 Å². The molecule has 1 fully saturated rings. The summed E-state index contributed by atoms with van der Waals surface area (Å²) in [6.07, 6.45) is 6.26. The summed E-state index contributed by atoms with van der Waals surface area (Å²) in [5.74, 6) is 2.02. The van der Waals surface area contributed by atoms with Gasteiger partial charge in [0.2, 0.25) is 0 Å². The maximum Gasteiger partial charge on any atom is 0.180 e. The highest BCUT2D eigenvalue weighted by molar-refractivity contribution is 5.45. The molecule has 1 aromatic heterocycles. The van der Waals surface area contributed by atoms with E-state index in [4.69, 9.17) is 9.47 Å². The zero-order chi connectivity index (χ0) is 10.8. The Morgan fingerprint density at radius 2 is 2.07 bits per heavy atom. The van der Waals surface area contributed by atoms with Gasteiger partial charge in [0.15, 0.2) is 11.5 Å². The van der Waals surface area contributed by atoms with Crippen molar-refractivity contribution in [3.8, 4) is 11.5 Å². The van der Waals surface area contributed by atoms with Gasteiger partial charge in [-0.25, -0.2) is 0 Å². The molecule has 0 aromatic carbocycles. The van der Waals surface area contributed by atoms with Crippen molar-refractivity contribution >= 4 is 0 Å². The molecule has 1 aromatic rings. The summed E-state index contributed by atoms with van der Waals surface area (Å²) in [6.45, 7) is 4.25. The Labute approximate surface area is 90.4 Å². The van der Waals surface area contributed by atoms with Crippen molar-refractivity contribution in [1.82, 2.24) is 4.98 Å². The van der Waals surface area contributed by atoms with Crippen LogP contribution in [0.15, 0.2) is 12.4 Å². The summed E-state index contributed by atoms with van der Waals surface area (Å²) in [7, 11) is 1.68. The SMILES string of the molecule is COc1c(OC2CC2)cncc1C(C)C. The van der Waals surface area contributed by atoms with Crippen LogP contribution in [0.2, 0.25) is 0 Å². The molecule has 0 spiro atoms. The topological polar surface area (TPSA) is 31.4 Å². The van der Waals surface area contributed by atoms with E-state index in [0.29, 0.717) is 12.0 Å². The third-order valence-electron chi connectivity index (χ3n) is 2.54. The van der Waals surface area contributed by atoms with Gasteiger partial charge in [0, 0.05) is 11.8 Å². The van der Waals surface area contributed by atoms with Gasteiger partial charge in [0.25, 0.3) is 0 Å². The molecule has 0 unspecified atom stereocenters. The molecule has 0 aliphatic heterocycles. The Bertz CT molecular complexity index is 345. The van der Waals surface area contributed by atoms with Crippen LogP contribution in [-0.4, -0.2) is 18.2 Å². The summed E-state index contributed by atoms with van der Waals surface area (Å²) in [5, 5.41) is 0. The van der Waals surface area contributed by atoms with E-state index in [1.807, 2.05) is 6.20 Å². The molecule has 0 N–H and O–H groups in total. The van der Waals surface area contributed by atoms with Crippen LogP contribution < -0.4 is 9.47 Å². The molecule has 15 heavy (non-hydrogen) atoms. The minimum Gasteiger partial charge on any atom is -0.492 e. The van der Waals surface area contributed by atoms with Gasteiger partial charge in [-0.3, -0.25) is 4.98 Å². The first-order chi connectivity index (χ1) is 7.22. The van der Waals surface area contributed by atoms with E-state index in [0.717, 1.165) is 29.9 Å². The zero-order valence-corrected chi connectivity index (χ0v) is 9.49. The molecule has 3 heteroatoms. The summed E-state index contributed by atoms with van der Waals surface area (Å²) in [5.41, 5.74) is 1.11. The molecule has 3 nitrogen and oxygen atoms in total. The Morgan fingerprint density at radius 3 is 2.60 bits per heavy atom. The Morgan fingerprint density at radius 1 is 1.33 bits per heavy atom. The number of methoxy groups -OCH3 is 1. The van der Waals surface area contributed by atoms with Crippen LogP contribution in [0.5, 0.6) is 11.5 Å². The monoisotopic (exact) mass is 207 g/mol. The lowest BCUT2D eigenvalue weighted by Gasteiger charge is -2.15. The van der Waals surface area contributed by atoms with E-state index < -0.39 is 0 Å². The van der Waals surface area contributed by atoms with Crippen LogP contribution in [0.1, 0.15) is 38.2 Å². The second kappa shape index (κ2) is 4.09. The number of aromatic nitrogens is 1. The number of hydrogen-bond acceptors (Lipinski definition) is 3. The normalized spacial score (nSPS) is 15.5. The van der Waals surface area contributed by atoms with E-state index in [-0.39, 0.29) is 0 Å². The summed E-state index contributed by atoms with van der Waals surface area (Å²) >= 11 is 0. The maximum atomic E-state index is 5.75. The van der Waals surface area contributed by atoms with Crippen molar-refractivity contribution < 1.29 is 9.47 Å². The van der Waals surface area contributed by atoms with E-state index in [2.05, 4.69) is 18.8 Å². The lowest BCUT2D eigenvalue weighted by Crippen LogP contribution is -2.02. The van der Waals surface area contributed by atoms with Crippen LogP contribution in [0.25, 0.3) is 0 Å². The maximum absolute atomic E-state index is 5.75. The second-order valence-electron chi connectivity index (χ2n) is 4.23. The quantitative estimate of drug-likeness (QED) is 0.760. The van der Waals surface area contributed by atoms with Gasteiger partial charge in [-0.05, 0) is 18.8 Å². The van der Waals surface area contributed by atoms with Crippen LogP contribution in [-0.2, 0) is 0 Å². The van der Waals surface area contributed by atoms with E-state index in [1.165, 1.54) is 0 Å². The molecular formula is C12H17NO2. The molecule has 82 valence electrons. The van der Waals surface area contributed by atoms with Gasteiger partial charge in [0.1, 0.15) is 0 Å². The molecule has 1 aliphatic rings. The van der Waals surface area contributed by atoms with Crippen LogP contribution in [0.3, 0.4) is 0 Å². The van der Waals surface area contributed by atoms with Crippen molar-refractivity contribution in [1.29, 1.82) is 0 Å². The highest BCUT2D eigenvalue weighted by Gasteiger charge is 2.26. The molecule has 0 radical (unpaired) electrons. The van der Waals surface area contributed by atoms with E-state index in [9.17, 15) is 0 Å². The number of ether oxygens (including phenoxy) is 2. The van der Waals surface area contributed by atoms with Gasteiger partial charge in [-0.1, -0.05) is 13.8 Å².